The Kier molecular flexibility index (Phi) is 4.24. The SMILES string of the molecule is COc1cccc(-c2ccc(-c3cc(C(=O)O)ccn3)c(F)c2)c1. The minimum atomic E-state index is -1.08. The molecule has 3 aromatic rings. The molecule has 0 saturated heterocycles. The van der Waals surface area contributed by atoms with Crippen LogP contribution in [0.15, 0.2) is 60.8 Å². The highest BCUT2D eigenvalue weighted by atomic mass is 19.1. The van der Waals surface area contributed by atoms with Crippen LogP contribution in [0.25, 0.3) is 22.4 Å². The Balaban J connectivity index is 2.01. The van der Waals surface area contributed by atoms with Gasteiger partial charge in [0.25, 0.3) is 0 Å². The lowest BCUT2D eigenvalue weighted by molar-refractivity contribution is 0.0697. The Hall–Kier alpha value is -3.21. The lowest BCUT2D eigenvalue weighted by atomic mass is 10.0. The lowest BCUT2D eigenvalue weighted by Gasteiger charge is -2.08. The third kappa shape index (κ3) is 3.10. The molecule has 2 aromatic carbocycles. The molecule has 0 aliphatic carbocycles. The molecule has 0 bridgehead atoms. The summed E-state index contributed by atoms with van der Waals surface area (Å²) in [6.45, 7) is 0. The van der Waals surface area contributed by atoms with Crippen LogP contribution in [0, 0.1) is 5.82 Å². The molecule has 0 spiro atoms. The molecule has 0 aliphatic heterocycles. The minimum Gasteiger partial charge on any atom is -0.497 e. The third-order valence-corrected chi connectivity index (χ3v) is 3.65. The Bertz CT molecular complexity index is 909. The van der Waals surface area contributed by atoms with Crippen molar-refractivity contribution < 1.29 is 19.0 Å². The van der Waals surface area contributed by atoms with Crippen molar-refractivity contribution in [2.75, 3.05) is 7.11 Å². The number of aromatic nitrogens is 1. The van der Waals surface area contributed by atoms with E-state index in [1.165, 1.54) is 24.4 Å². The number of benzene rings is 2. The molecular weight excluding hydrogens is 309 g/mol. The summed E-state index contributed by atoms with van der Waals surface area (Å²) < 4.78 is 19.7. The molecule has 5 heteroatoms. The molecule has 0 atom stereocenters. The fraction of sp³-hybridized carbons (Fsp3) is 0.0526. The zero-order chi connectivity index (χ0) is 17.1. The largest absolute Gasteiger partial charge is 0.497 e. The molecule has 0 unspecified atom stereocenters. The predicted molar refractivity (Wildman–Crippen MR) is 88.6 cm³/mol. The number of carboxylic acids is 1. The summed E-state index contributed by atoms with van der Waals surface area (Å²) in [5, 5.41) is 9.03. The van der Waals surface area contributed by atoms with Gasteiger partial charge in [-0.25, -0.2) is 9.18 Å². The number of pyridine rings is 1. The van der Waals surface area contributed by atoms with E-state index in [-0.39, 0.29) is 16.8 Å². The molecule has 1 heterocycles. The number of halogens is 1. The van der Waals surface area contributed by atoms with Crippen LogP contribution in [-0.2, 0) is 0 Å². The van der Waals surface area contributed by atoms with Crippen LogP contribution in [-0.4, -0.2) is 23.2 Å². The second-order valence-corrected chi connectivity index (χ2v) is 5.16. The number of nitrogens with zero attached hydrogens (tertiary/aromatic N) is 1. The monoisotopic (exact) mass is 323 g/mol. The molecule has 120 valence electrons. The lowest BCUT2D eigenvalue weighted by Crippen LogP contribution is -1.98. The molecule has 0 amide bonds. The number of methoxy groups -OCH3 is 1. The van der Waals surface area contributed by atoms with Gasteiger partial charge in [-0.3, -0.25) is 4.98 Å². The molecular formula is C19H14FNO3. The zero-order valence-corrected chi connectivity index (χ0v) is 12.9. The van der Waals surface area contributed by atoms with E-state index in [1.807, 2.05) is 24.3 Å². The molecule has 24 heavy (non-hydrogen) atoms. The van der Waals surface area contributed by atoms with Crippen LogP contribution in [0.2, 0.25) is 0 Å². The van der Waals surface area contributed by atoms with Gasteiger partial charge in [0.15, 0.2) is 0 Å². The summed E-state index contributed by atoms with van der Waals surface area (Å²) in [7, 11) is 1.57. The number of carbonyl (C=O) groups is 1. The van der Waals surface area contributed by atoms with Crippen LogP contribution in [0.5, 0.6) is 5.75 Å². The van der Waals surface area contributed by atoms with Crippen LogP contribution in [0.4, 0.5) is 4.39 Å². The average Bonchev–Trinajstić information content (AvgIpc) is 2.61. The van der Waals surface area contributed by atoms with Crippen molar-refractivity contribution in [2.24, 2.45) is 0 Å². The first-order chi connectivity index (χ1) is 11.6. The van der Waals surface area contributed by atoms with Crippen LogP contribution >= 0.6 is 0 Å². The summed E-state index contributed by atoms with van der Waals surface area (Å²) in [6, 6.07) is 14.8. The smallest absolute Gasteiger partial charge is 0.335 e. The van der Waals surface area contributed by atoms with Crippen LogP contribution in [0.3, 0.4) is 0 Å². The average molecular weight is 323 g/mol. The number of aromatic carboxylic acids is 1. The highest BCUT2D eigenvalue weighted by Gasteiger charge is 2.11. The van der Waals surface area contributed by atoms with E-state index in [2.05, 4.69) is 4.98 Å². The van der Waals surface area contributed by atoms with Crippen molar-refractivity contribution in [2.45, 2.75) is 0 Å². The van der Waals surface area contributed by atoms with Crippen molar-refractivity contribution in [1.82, 2.24) is 4.98 Å². The quantitative estimate of drug-likeness (QED) is 0.779. The van der Waals surface area contributed by atoms with Gasteiger partial charge in [-0.15, -0.1) is 0 Å². The van der Waals surface area contributed by atoms with E-state index in [0.29, 0.717) is 11.3 Å². The molecule has 3 rings (SSSR count). The maximum atomic E-state index is 14.5. The first-order valence-corrected chi connectivity index (χ1v) is 7.22. The van der Waals surface area contributed by atoms with Gasteiger partial charge in [0.05, 0.1) is 18.4 Å². The summed E-state index contributed by atoms with van der Waals surface area (Å²) in [5.74, 6) is -0.856. The van der Waals surface area contributed by atoms with Gasteiger partial charge in [-0.05, 0) is 47.5 Å². The van der Waals surface area contributed by atoms with Gasteiger partial charge in [0.2, 0.25) is 0 Å². The van der Waals surface area contributed by atoms with E-state index in [9.17, 15) is 9.18 Å². The van der Waals surface area contributed by atoms with Crippen molar-refractivity contribution in [3.63, 3.8) is 0 Å². The highest BCUT2D eigenvalue weighted by molar-refractivity contribution is 5.88. The molecule has 0 saturated carbocycles. The van der Waals surface area contributed by atoms with Gasteiger partial charge >= 0.3 is 5.97 Å². The summed E-state index contributed by atoms with van der Waals surface area (Å²) in [4.78, 5) is 15.1. The van der Waals surface area contributed by atoms with Crippen molar-refractivity contribution in [3.8, 4) is 28.1 Å². The van der Waals surface area contributed by atoms with Crippen molar-refractivity contribution in [3.05, 3.63) is 72.2 Å². The van der Waals surface area contributed by atoms with E-state index >= 15 is 0 Å². The molecule has 0 radical (unpaired) electrons. The number of carboxylic acid groups (broad SMARTS) is 1. The van der Waals surface area contributed by atoms with E-state index in [0.717, 1.165) is 5.56 Å². The van der Waals surface area contributed by atoms with Gasteiger partial charge < -0.3 is 9.84 Å². The second-order valence-electron chi connectivity index (χ2n) is 5.16. The van der Waals surface area contributed by atoms with E-state index < -0.39 is 11.8 Å². The van der Waals surface area contributed by atoms with Crippen LogP contribution < -0.4 is 4.74 Å². The Morgan fingerprint density at radius 3 is 2.58 bits per heavy atom. The summed E-state index contributed by atoms with van der Waals surface area (Å²) in [6.07, 6.45) is 1.36. The Morgan fingerprint density at radius 1 is 1.08 bits per heavy atom. The van der Waals surface area contributed by atoms with Gasteiger partial charge in [0.1, 0.15) is 11.6 Å². The fourth-order valence-corrected chi connectivity index (χ4v) is 2.42. The summed E-state index contributed by atoms with van der Waals surface area (Å²) in [5.41, 5.74) is 2.13. The van der Waals surface area contributed by atoms with Gasteiger partial charge in [0, 0.05) is 11.8 Å². The van der Waals surface area contributed by atoms with Gasteiger partial charge in [-0.2, -0.15) is 0 Å². The normalized spacial score (nSPS) is 10.4. The molecule has 0 fully saturated rings. The number of hydrogen-bond donors (Lipinski definition) is 1. The van der Waals surface area contributed by atoms with Crippen molar-refractivity contribution in [1.29, 1.82) is 0 Å². The van der Waals surface area contributed by atoms with E-state index in [4.69, 9.17) is 9.84 Å². The molecule has 1 N–H and O–H groups in total. The first-order valence-electron chi connectivity index (χ1n) is 7.22. The molecule has 1 aromatic heterocycles. The van der Waals surface area contributed by atoms with E-state index in [1.54, 1.807) is 19.2 Å². The predicted octanol–water partition coefficient (Wildman–Crippen LogP) is 4.26. The molecule has 0 aliphatic rings. The summed E-state index contributed by atoms with van der Waals surface area (Å²) >= 11 is 0. The number of rotatable bonds is 4. The number of ether oxygens (including phenoxy) is 1. The maximum absolute atomic E-state index is 14.5. The third-order valence-electron chi connectivity index (χ3n) is 3.65. The van der Waals surface area contributed by atoms with Crippen molar-refractivity contribution >= 4 is 5.97 Å². The standard InChI is InChI=1S/C19H14FNO3/c1-24-15-4-2-3-12(9-15)13-5-6-16(17(20)10-13)18-11-14(19(22)23)7-8-21-18/h2-11H,1H3,(H,22,23). The minimum absolute atomic E-state index is 0.0660. The fourth-order valence-electron chi connectivity index (χ4n) is 2.42. The Labute approximate surface area is 138 Å². The number of hydrogen-bond acceptors (Lipinski definition) is 3. The first kappa shape index (κ1) is 15.7. The van der Waals surface area contributed by atoms with Gasteiger partial charge in [-0.1, -0.05) is 18.2 Å². The highest BCUT2D eigenvalue weighted by Crippen LogP contribution is 2.29. The zero-order valence-electron chi connectivity index (χ0n) is 12.9. The molecule has 4 nitrogen and oxygen atoms in total. The second kappa shape index (κ2) is 6.50. The topological polar surface area (TPSA) is 59.4 Å². The Morgan fingerprint density at radius 2 is 1.88 bits per heavy atom. The van der Waals surface area contributed by atoms with Crippen LogP contribution in [0.1, 0.15) is 10.4 Å². The maximum Gasteiger partial charge on any atom is 0.335 e.